The molecule has 0 radical (unpaired) electrons. The predicted octanol–water partition coefficient (Wildman–Crippen LogP) is 4.12. The molecule has 2 amide bonds. The SMILES string of the molecule is COCCCNC(=O)c1ccccc1NC(=O)c1cc(Br)ccc1Cl. The molecule has 0 spiro atoms. The molecule has 0 heterocycles. The molecule has 0 saturated carbocycles. The molecule has 25 heavy (non-hydrogen) atoms. The minimum atomic E-state index is -0.383. The lowest BCUT2D eigenvalue weighted by molar-refractivity contribution is 0.0949. The Balaban J connectivity index is 2.13. The summed E-state index contributed by atoms with van der Waals surface area (Å²) in [6.07, 6.45) is 0.713. The van der Waals surface area contributed by atoms with E-state index in [-0.39, 0.29) is 11.8 Å². The fourth-order valence-electron chi connectivity index (χ4n) is 2.16. The van der Waals surface area contributed by atoms with E-state index in [1.54, 1.807) is 49.6 Å². The van der Waals surface area contributed by atoms with Crippen molar-refractivity contribution in [2.75, 3.05) is 25.6 Å². The van der Waals surface area contributed by atoms with Gasteiger partial charge in [0, 0.05) is 24.7 Å². The van der Waals surface area contributed by atoms with E-state index >= 15 is 0 Å². The van der Waals surface area contributed by atoms with Gasteiger partial charge < -0.3 is 15.4 Å². The summed E-state index contributed by atoms with van der Waals surface area (Å²) in [5.74, 6) is -0.640. The number of para-hydroxylation sites is 1. The summed E-state index contributed by atoms with van der Waals surface area (Å²) < 4.78 is 5.69. The number of halogens is 2. The Morgan fingerprint density at radius 1 is 1.12 bits per heavy atom. The van der Waals surface area contributed by atoms with Crippen LogP contribution in [-0.2, 0) is 4.74 Å². The number of hydrogen-bond acceptors (Lipinski definition) is 3. The third-order valence-corrected chi connectivity index (χ3v) is 4.23. The van der Waals surface area contributed by atoms with Gasteiger partial charge in [0.2, 0.25) is 0 Å². The lowest BCUT2D eigenvalue weighted by atomic mass is 10.1. The molecule has 132 valence electrons. The second kappa shape index (κ2) is 9.56. The first-order valence-corrected chi connectivity index (χ1v) is 8.82. The second-order valence-electron chi connectivity index (χ2n) is 5.23. The maximum absolute atomic E-state index is 12.5. The number of ether oxygens (including phenoxy) is 1. The van der Waals surface area contributed by atoms with E-state index in [9.17, 15) is 9.59 Å². The van der Waals surface area contributed by atoms with Crippen LogP contribution in [-0.4, -0.2) is 32.1 Å². The number of nitrogens with one attached hydrogen (secondary N) is 2. The minimum Gasteiger partial charge on any atom is -0.385 e. The van der Waals surface area contributed by atoms with Crippen LogP contribution in [0.4, 0.5) is 5.69 Å². The van der Waals surface area contributed by atoms with E-state index in [1.165, 1.54) is 0 Å². The van der Waals surface area contributed by atoms with Gasteiger partial charge in [-0.1, -0.05) is 39.7 Å². The van der Waals surface area contributed by atoms with Crippen LogP contribution in [0, 0.1) is 0 Å². The van der Waals surface area contributed by atoms with Crippen molar-refractivity contribution < 1.29 is 14.3 Å². The first-order valence-electron chi connectivity index (χ1n) is 7.65. The molecule has 2 rings (SSSR count). The maximum atomic E-state index is 12.5. The van der Waals surface area contributed by atoms with Gasteiger partial charge in [0.25, 0.3) is 11.8 Å². The van der Waals surface area contributed by atoms with Gasteiger partial charge in [0.05, 0.1) is 21.8 Å². The predicted molar refractivity (Wildman–Crippen MR) is 102 cm³/mol. The van der Waals surface area contributed by atoms with Crippen LogP contribution in [0.1, 0.15) is 27.1 Å². The normalized spacial score (nSPS) is 10.4. The Hall–Kier alpha value is -1.89. The number of benzene rings is 2. The van der Waals surface area contributed by atoms with Gasteiger partial charge in [-0.15, -0.1) is 0 Å². The van der Waals surface area contributed by atoms with Crippen molar-refractivity contribution in [3.8, 4) is 0 Å². The molecule has 5 nitrogen and oxygen atoms in total. The Morgan fingerprint density at radius 3 is 2.64 bits per heavy atom. The van der Waals surface area contributed by atoms with E-state index < -0.39 is 0 Å². The maximum Gasteiger partial charge on any atom is 0.257 e. The summed E-state index contributed by atoms with van der Waals surface area (Å²) in [6, 6.07) is 11.8. The topological polar surface area (TPSA) is 67.4 Å². The van der Waals surface area contributed by atoms with E-state index in [2.05, 4.69) is 26.6 Å². The van der Waals surface area contributed by atoms with Crippen molar-refractivity contribution >= 4 is 45.0 Å². The van der Waals surface area contributed by atoms with Crippen molar-refractivity contribution in [3.63, 3.8) is 0 Å². The lowest BCUT2D eigenvalue weighted by Crippen LogP contribution is -2.26. The van der Waals surface area contributed by atoms with Crippen LogP contribution in [0.2, 0.25) is 5.02 Å². The minimum absolute atomic E-state index is 0.257. The molecule has 0 aliphatic carbocycles. The zero-order valence-electron chi connectivity index (χ0n) is 13.6. The largest absolute Gasteiger partial charge is 0.385 e. The third-order valence-electron chi connectivity index (χ3n) is 3.40. The van der Waals surface area contributed by atoms with Crippen molar-refractivity contribution in [1.82, 2.24) is 5.32 Å². The molecule has 0 bridgehead atoms. The molecule has 0 unspecified atom stereocenters. The highest BCUT2D eigenvalue weighted by Gasteiger charge is 2.16. The Bertz CT molecular complexity index is 768. The molecule has 7 heteroatoms. The Kier molecular flexibility index (Phi) is 7.43. The van der Waals surface area contributed by atoms with E-state index in [0.29, 0.717) is 41.4 Å². The quantitative estimate of drug-likeness (QED) is 0.656. The summed E-state index contributed by atoms with van der Waals surface area (Å²) >= 11 is 9.40. The molecule has 2 aromatic carbocycles. The first kappa shape index (κ1) is 19.4. The highest BCUT2D eigenvalue weighted by Crippen LogP contribution is 2.23. The second-order valence-corrected chi connectivity index (χ2v) is 6.55. The number of methoxy groups -OCH3 is 1. The summed E-state index contributed by atoms with van der Waals surface area (Å²) in [7, 11) is 1.61. The number of rotatable bonds is 7. The van der Waals surface area contributed by atoms with Crippen molar-refractivity contribution in [1.29, 1.82) is 0 Å². The number of amides is 2. The molecule has 0 aliphatic rings. The van der Waals surface area contributed by atoms with Crippen molar-refractivity contribution in [2.45, 2.75) is 6.42 Å². The van der Waals surface area contributed by atoms with Crippen LogP contribution < -0.4 is 10.6 Å². The molecular weight excluding hydrogens is 408 g/mol. The van der Waals surface area contributed by atoms with E-state index in [1.807, 2.05) is 0 Å². The summed E-state index contributed by atoms with van der Waals surface area (Å²) in [5.41, 5.74) is 1.14. The zero-order valence-corrected chi connectivity index (χ0v) is 16.0. The van der Waals surface area contributed by atoms with Gasteiger partial charge in [0.1, 0.15) is 0 Å². The molecule has 0 aliphatic heterocycles. The number of anilines is 1. The molecule has 0 saturated heterocycles. The molecule has 0 fully saturated rings. The first-order chi connectivity index (χ1) is 12.0. The lowest BCUT2D eigenvalue weighted by Gasteiger charge is -2.12. The van der Waals surface area contributed by atoms with Crippen LogP contribution >= 0.6 is 27.5 Å². The highest BCUT2D eigenvalue weighted by atomic mass is 79.9. The summed E-state index contributed by atoms with van der Waals surface area (Å²) in [5, 5.41) is 5.89. The number of hydrogen-bond donors (Lipinski definition) is 2. The average molecular weight is 426 g/mol. The Morgan fingerprint density at radius 2 is 1.88 bits per heavy atom. The van der Waals surface area contributed by atoms with Gasteiger partial charge >= 0.3 is 0 Å². The standard InChI is InChI=1S/C18H18BrClN2O3/c1-25-10-4-9-21-17(23)13-5-2-3-6-16(13)22-18(24)14-11-12(19)7-8-15(14)20/h2-3,5-8,11H,4,9-10H2,1H3,(H,21,23)(H,22,24). The fourth-order valence-corrected chi connectivity index (χ4v) is 2.73. The average Bonchev–Trinajstić information content (AvgIpc) is 2.61. The van der Waals surface area contributed by atoms with Crippen LogP contribution in [0.5, 0.6) is 0 Å². The number of carbonyl (C=O) groups is 2. The zero-order chi connectivity index (χ0) is 18.2. The Labute approximate surface area is 159 Å². The van der Waals surface area contributed by atoms with Gasteiger partial charge in [0.15, 0.2) is 0 Å². The highest BCUT2D eigenvalue weighted by molar-refractivity contribution is 9.10. The van der Waals surface area contributed by atoms with Crippen molar-refractivity contribution in [2.24, 2.45) is 0 Å². The van der Waals surface area contributed by atoms with Gasteiger partial charge in [-0.3, -0.25) is 9.59 Å². The monoisotopic (exact) mass is 424 g/mol. The molecule has 0 aromatic heterocycles. The number of carbonyl (C=O) groups excluding carboxylic acids is 2. The van der Waals surface area contributed by atoms with Crippen LogP contribution in [0.25, 0.3) is 0 Å². The fraction of sp³-hybridized carbons (Fsp3) is 0.222. The summed E-state index contributed by atoms with van der Waals surface area (Å²) in [4.78, 5) is 24.8. The van der Waals surface area contributed by atoms with E-state index in [0.717, 1.165) is 4.47 Å². The van der Waals surface area contributed by atoms with Gasteiger partial charge in [-0.05, 0) is 36.8 Å². The smallest absolute Gasteiger partial charge is 0.257 e. The van der Waals surface area contributed by atoms with Gasteiger partial charge in [-0.25, -0.2) is 0 Å². The van der Waals surface area contributed by atoms with Crippen molar-refractivity contribution in [3.05, 3.63) is 63.1 Å². The molecule has 2 N–H and O–H groups in total. The van der Waals surface area contributed by atoms with Crippen LogP contribution in [0.3, 0.4) is 0 Å². The van der Waals surface area contributed by atoms with Gasteiger partial charge in [-0.2, -0.15) is 0 Å². The van der Waals surface area contributed by atoms with Crippen LogP contribution in [0.15, 0.2) is 46.9 Å². The molecular formula is C18H18BrClN2O3. The van der Waals surface area contributed by atoms with E-state index in [4.69, 9.17) is 16.3 Å². The molecule has 0 atom stereocenters. The third kappa shape index (κ3) is 5.56. The molecule has 2 aromatic rings. The summed E-state index contributed by atoms with van der Waals surface area (Å²) in [6.45, 7) is 1.06.